The lowest BCUT2D eigenvalue weighted by molar-refractivity contribution is -0.150. The van der Waals surface area contributed by atoms with Crippen LogP contribution in [-0.2, 0) is 62.0 Å². The molecule has 4 rings (SSSR count). The van der Waals surface area contributed by atoms with Crippen molar-refractivity contribution >= 4 is 57.9 Å². The Labute approximate surface area is 424 Å². The molecule has 0 aromatic carbocycles. The monoisotopic (exact) mass is 1040 g/mol. The van der Waals surface area contributed by atoms with Gasteiger partial charge in [-0.3, -0.25) is 23.4 Å². The van der Waals surface area contributed by atoms with Gasteiger partial charge in [0.15, 0.2) is 0 Å². The van der Waals surface area contributed by atoms with Gasteiger partial charge >= 0.3 is 24.1 Å². The fourth-order valence-corrected chi connectivity index (χ4v) is 9.16. The largest absolute Gasteiger partial charge is 0.464 e. The van der Waals surface area contributed by atoms with Crippen molar-refractivity contribution in [2.45, 2.75) is 181 Å². The van der Waals surface area contributed by atoms with Crippen LogP contribution in [0.1, 0.15) is 123 Å². The van der Waals surface area contributed by atoms with Crippen LogP contribution >= 0.6 is 0 Å². The van der Waals surface area contributed by atoms with Crippen molar-refractivity contribution in [1.29, 1.82) is 0 Å². The van der Waals surface area contributed by atoms with Crippen LogP contribution in [0.5, 0.6) is 0 Å². The van der Waals surface area contributed by atoms with Crippen molar-refractivity contribution in [3.05, 3.63) is 25.3 Å². The lowest BCUT2D eigenvalue weighted by Crippen LogP contribution is -2.59. The topological polar surface area (TPSA) is 292 Å². The molecule has 2 aliphatic heterocycles. The highest BCUT2D eigenvalue weighted by molar-refractivity contribution is 7.86. The Morgan fingerprint density at radius 3 is 1.32 bits per heavy atom. The summed E-state index contributed by atoms with van der Waals surface area (Å²) >= 11 is 0. The van der Waals surface area contributed by atoms with Gasteiger partial charge in [0.05, 0.1) is 31.7 Å². The van der Waals surface area contributed by atoms with Gasteiger partial charge < -0.3 is 55.1 Å². The van der Waals surface area contributed by atoms with E-state index in [-0.39, 0.29) is 57.4 Å². The number of esters is 2. The molecule has 2 heterocycles. The third-order valence-corrected chi connectivity index (χ3v) is 12.8. The zero-order valence-corrected chi connectivity index (χ0v) is 45.5. The number of ether oxygens (including phenoxy) is 4. The van der Waals surface area contributed by atoms with E-state index in [0.29, 0.717) is 6.42 Å². The van der Waals surface area contributed by atoms with Crippen LogP contribution in [0.3, 0.4) is 0 Å². The first kappa shape index (κ1) is 61.0. The number of carbonyl (C=O) groups excluding carboxylic acids is 8. The molecule has 6 amide bonds. The molecule has 408 valence electrons. The smallest absolute Gasteiger partial charge is 0.408 e. The summed E-state index contributed by atoms with van der Waals surface area (Å²) in [6.45, 7) is 31.5. The number of alkyl carbamates (subject to hydrolysis) is 2. The molecule has 0 aromatic rings. The van der Waals surface area contributed by atoms with Gasteiger partial charge in [0.2, 0.25) is 23.6 Å². The van der Waals surface area contributed by atoms with E-state index in [1.165, 1.54) is 9.80 Å². The van der Waals surface area contributed by atoms with Crippen LogP contribution in [0.25, 0.3) is 0 Å². The van der Waals surface area contributed by atoms with E-state index in [4.69, 9.17) is 23.1 Å². The number of β-amino-alcohol motifs (C(OH)–C–C–N with tert-alkyl or cyclic N) is 1. The van der Waals surface area contributed by atoms with Crippen LogP contribution in [0, 0.1) is 22.7 Å². The molecule has 0 radical (unpaired) electrons. The van der Waals surface area contributed by atoms with E-state index in [9.17, 15) is 51.9 Å². The SMILES string of the molecule is C=C[C@@H]1C[C@]1(NC(=O)[C@@H]1C[C@H](O)CN1C(=O)[C@@H](NC(=O)OC(C)(C)C)C(C)(C)C)C(=O)OCC.C=C[C@@H]1C[C@]1(NC(=O)[C@@H]1C[C@H](OS(C)(=O)=O)CN1C(=O)[C@@H](NC(=O)OC(C)(C)C)C(C)(C)C)C(=O)OCC. The molecular formula is C49H80N6O16S. The highest BCUT2D eigenvalue weighted by Gasteiger charge is 2.63. The molecule has 72 heavy (non-hydrogen) atoms. The van der Waals surface area contributed by atoms with E-state index in [1.54, 1.807) is 109 Å². The standard InChI is InChI=1S/C25H41N3O9S.C24H39N3O7/c1-10-15-13-25(15,21(31)35-11-2)27-19(29)17-12-16(37-38(9,33)34)14-28(17)20(30)18(23(3,4)5)26-22(32)36-24(6,7)8;1-9-14-12-24(14,20(31)33-10-2)26-18(29)16-11-15(28)13-27(16)19(30)17(22(3,4)5)25-21(32)34-23(6,7)8/h10,15-18H,1,11-14H2,2-9H3,(H,26,32)(H,27,29);9,14-17,28H,1,10-13H2,2-8H3,(H,25,32)(H,26,29)/t15-,16+,17+,18-,25-;14-,15+,16+,17-,24-/m11/s1. The molecule has 23 heteroatoms. The first-order valence-corrected chi connectivity index (χ1v) is 26.0. The lowest BCUT2D eigenvalue weighted by Gasteiger charge is -2.36. The minimum Gasteiger partial charge on any atom is -0.464 e. The average Bonchev–Trinajstić information content (AvgIpc) is 4.01. The summed E-state index contributed by atoms with van der Waals surface area (Å²) in [6.07, 6.45) is 1.04. The molecule has 4 fully saturated rings. The van der Waals surface area contributed by atoms with E-state index < -0.39 is 127 Å². The van der Waals surface area contributed by atoms with Crippen LogP contribution in [0.2, 0.25) is 0 Å². The first-order valence-electron chi connectivity index (χ1n) is 24.2. The number of aliphatic hydroxyl groups is 1. The zero-order chi connectivity index (χ0) is 55.3. The van der Waals surface area contributed by atoms with Crippen LogP contribution in [0.4, 0.5) is 9.59 Å². The number of carbonyl (C=O) groups is 8. The second-order valence-electron chi connectivity index (χ2n) is 22.9. The Morgan fingerprint density at radius 1 is 0.653 bits per heavy atom. The van der Waals surface area contributed by atoms with Gasteiger partial charge in [-0.1, -0.05) is 53.7 Å². The Kier molecular flexibility index (Phi) is 19.4. The van der Waals surface area contributed by atoms with E-state index in [0.717, 1.165) is 6.26 Å². The number of aliphatic hydroxyl groups excluding tert-OH is 1. The number of hydrogen-bond donors (Lipinski definition) is 5. The molecule has 5 N–H and O–H groups in total. The number of nitrogens with zero attached hydrogens (tertiary/aromatic N) is 2. The molecule has 2 aliphatic carbocycles. The van der Waals surface area contributed by atoms with Gasteiger partial charge in [-0.15, -0.1) is 13.2 Å². The quantitative estimate of drug-likeness (QED) is 0.0643. The predicted octanol–water partition coefficient (Wildman–Crippen LogP) is 3.01. The second-order valence-corrected chi connectivity index (χ2v) is 24.5. The van der Waals surface area contributed by atoms with E-state index >= 15 is 0 Å². The zero-order valence-electron chi connectivity index (χ0n) is 44.7. The predicted molar refractivity (Wildman–Crippen MR) is 263 cm³/mol. The molecule has 22 nitrogen and oxygen atoms in total. The van der Waals surface area contributed by atoms with Crippen molar-refractivity contribution in [3.63, 3.8) is 0 Å². The van der Waals surface area contributed by atoms with E-state index in [2.05, 4.69) is 34.4 Å². The number of amides is 6. The summed E-state index contributed by atoms with van der Waals surface area (Å²) in [5.74, 6) is -4.16. The van der Waals surface area contributed by atoms with Crippen molar-refractivity contribution in [1.82, 2.24) is 31.1 Å². The summed E-state index contributed by atoms with van der Waals surface area (Å²) in [6, 6.07) is -4.31. The third kappa shape index (κ3) is 16.1. The maximum absolute atomic E-state index is 13.8. The fourth-order valence-electron chi connectivity index (χ4n) is 8.52. The fraction of sp³-hybridized carbons (Fsp3) is 0.755. The van der Waals surface area contributed by atoms with Crippen molar-refractivity contribution < 1.29 is 75.0 Å². The summed E-state index contributed by atoms with van der Waals surface area (Å²) in [5.41, 5.74) is -5.60. The molecule has 0 aromatic heterocycles. The maximum Gasteiger partial charge on any atom is 0.408 e. The van der Waals surface area contributed by atoms with Gasteiger partial charge in [-0.25, -0.2) is 19.2 Å². The van der Waals surface area contributed by atoms with Gasteiger partial charge in [0.25, 0.3) is 10.1 Å². The number of likely N-dealkylation sites (tertiary alicyclic amines) is 2. The molecule has 2 saturated heterocycles. The first-order chi connectivity index (χ1) is 32.8. The molecular weight excluding hydrogens is 961 g/mol. The Bertz CT molecular complexity index is 2190. The second kappa shape index (κ2) is 22.9. The van der Waals surface area contributed by atoms with Crippen molar-refractivity contribution in [2.24, 2.45) is 22.7 Å². The average molecular weight is 1040 g/mol. The number of hydrogen-bond acceptors (Lipinski definition) is 16. The number of nitrogens with one attached hydrogen (secondary N) is 4. The lowest BCUT2D eigenvalue weighted by atomic mass is 9.85. The van der Waals surface area contributed by atoms with E-state index in [1.807, 2.05) is 0 Å². The molecule has 4 aliphatic rings. The summed E-state index contributed by atoms with van der Waals surface area (Å²) in [5, 5.41) is 21.0. The molecule has 10 atom stereocenters. The molecule has 0 unspecified atom stereocenters. The van der Waals surface area contributed by atoms with Crippen LogP contribution in [0.15, 0.2) is 25.3 Å². The molecule has 0 bridgehead atoms. The Morgan fingerprint density at radius 2 is 1.01 bits per heavy atom. The van der Waals surface area contributed by atoms with Gasteiger partial charge in [0.1, 0.15) is 46.4 Å². The Hall–Kier alpha value is -5.29. The van der Waals surface area contributed by atoms with Crippen molar-refractivity contribution in [2.75, 3.05) is 32.6 Å². The maximum atomic E-state index is 13.8. The Balaban J connectivity index is 0.000000383. The van der Waals surface area contributed by atoms with Crippen LogP contribution < -0.4 is 21.3 Å². The van der Waals surface area contributed by atoms with Crippen LogP contribution in [-0.4, -0.2) is 162 Å². The summed E-state index contributed by atoms with van der Waals surface area (Å²) < 4.78 is 49.7. The van der Waals surface area contributed by atoms with Crippen molar-refractivity contribution in [3.8, 4) is 0 Å². The minimum atomic E-state index is -3.90. The third-order valence-electron chi connectivity index (χ3n) is 12.1. The summed E-state index contributed by atoms with van der Waals surface area (Å²) in [7, 11) is -3.90. The normalized spacial score (nSPS) is 26.8. The van der Waals surface area contributed by atoms with Gasteiger partial charge in [0, 0.05) is 37.8 Å². The molecule has 2 saturated carbocycles. The molecule has 0 spiro atoms. The highest BCUT2D eigenvalue weighted by Crippen LogP contribution is 2.47. The summed E-state index contributed by atoms with van der Waals surface area (Å²) in [4.78, 5) is 107. The minimum absolute atomic E-state index is 0.0124. The van der Waals surface area contributed by atoms with Gasteiger partial charge in [-0.2, -0.15) is 8.42 Å². The number of rotatable bonds is 16. The van der Waals surface area contributed by atoms with Gasteiger partial charge in [-0.05, 0) is 79.1 Å². The highest BCUT2D eigenvalue weighted by atomic mass is 32.2.